The van der Waals surface area contributed by atoms with Crippen molar-refractivity contribution >= 4 is 15.9 Å². The van der Waals surface area contributed by atoms with E-state index in [1.54, 1.807) is 0 Å². The Morgan fingerprint density at radius 1 is 0.731 bits per heavy atom. The summed E-state index contributed by atoms with van der Waals surface area (Å²) in [5.74, 6) is 0. The zero-order chi connectivity index (χ0) is 17.6. The first kappa shape index (κ1) is 15.8. The van der Waals surface area contributed by atoms with Crippen LogP contribution in [0.15, 0.2) is 101 Å². The lowest BCUT2D eigenvalue weighted by Crippen LogP contribution is -2.29. The van der Waals surface area contributed by atoms with E-state index in [1.807, 2.05) is 0 Å². The maximum atomic E-state index is 3.70. The van der Waals surface area contributed by atoms with Gasteiger partial charge in [0.05, 0.1) is 5.41 Å². The van der Waals surface area contributed by atoms with E-state index < -0.39 is 0 Å². The molecule has 0 heterocycles. The van der Waals surface area contributed by atoms with Gasteiger partial charge in [-0.3, -0.25) is 0 Å². The van der Waals surface area contributed by atoms with Gasteiger partial charge in [-0.1, -0.05) is 94.8 Å². The molecule has 3 aromatic rings. The van der Waals surface area contributed by atoms with Gasteiger partial charge in [0.25, 0.3) is 0 Å². The van der Waals surface area contributed by atoms with Crippen molar-refractivity contribution in [3.63, 3.8) is 0 Å². The number of halogens is 1. The average Bonchev–Trinajstić information content (AvgIpc) is 3.00. The Morgan fingerprint density at radius 2 is 1.42 bits per heavy atom. The minimum absolute atomic E-state index is 0.242. The highest BCUT2D eigenvalue weighted by Gasteiger charge is 2.46. The van der Waals surface area contributed by atoms with E-state index in [9.17, 15) is 0 Å². The summed E-state index contributed by atoms with van der Waals surface area (Å²) in [5.41, 5.74) is 7.94. The third-order valence-electron chi connectivity index (χ3n) is 5.64. The van der Waals surface area contributed by atoms with Gasteiger partial charge in [0, 0.05) is 4.47 Å². The lowest BCUT2D eigenvalue weighted by atomic mass is 9.66. The molecule has 5 rings (SSSR count). The number of hydrogen-bond donors (Lipinski definition) is 0. The number of allylic oxidation sites excluding steroid dienone is 4. The van der Waals surface area contributed by atoms with Gasteiger partial charge >= 0.3 is 0 Å². The molecule has 0 aliphatic heterocycles. The van der Waals surface area contributed by atoms with Gasteiger partial charge in [-0.05, 0) is 58.4 Å². The van der Waals surface area contributed by atoms with E-state index in [-0.39, 0.29) is 5.41 Å². The quantitative estimate of drug-likeness (QED) is 0.434. The molecule has 126 valence electrons. The normalized spacial score (nSPS) is 16.7. The monoisotopic (exact) mass is 398 g/mol. The van der Waals surface area contributed by atoms with E-state index >= 15 is 0 Å². The molecule has 3 aromatic carbocycles. The Balaban J connectivity index is 1.94. The van der Waals surface area contributed by atoms with Crippen LogP contribution in [0.4, 0.5) is 0 Å². The van der Waals surface area contributed by atoms with Crippen LogP contribution < -0.4 is 0 Å². The number of hydrogen-bond acceptors (Lipinski definition) is 0. The summed E-state index contributed by atoms with van der Waals surface area (Å²) < 4.78 is 1.12. The number of benzene rings is 3. The van der Waals surface area contributed by atoms with Crippen LogP contribution in [0.5, 0.6) is 0 Å². The Morgan fingerprint density at radius 3 is 2.04 bits per heavy atom. The summed E-state index contributed by atoms with van der Waals surface area (Å²) in [4.78, 5) is 0. The Hall–Kier alpha value is -2.38. The van der Waals surface area contributed by atoms with Crippen LogP contribution in [0.3, 0.4) is 0 Å². The Kier molecular flexibility index (Phi) is 3.72. The van der Waals surface area contributed by atoms with Gasteiger partial charge in [-0.15, -0.1) is 0 Å². The maximum absolute atomic E-state index is 3.70. The second-order valence-corrected chi connectivity index (χ2v) is 7.91. The molecule has 0 unspecified atom stereocenters. The molecule has 0 radical (unpaired) electrons. The van der Waals surface area contributed by atoms with Gasteiger partial charge in [-0.2, -0.15) is 0 Å². The molecular weight excluding hydrogens is 380 g/mol. The minimum Gasteiger partial charge on any atom is -0.0839 e. The van der Waals surface area contributed by atoms with Crippen molar-refractivity contribution in [2.45, 2.75) is 18.3 Å². The first-order chi connectivity index (χ1) is 12.8. The van der Waals surface area contributed by atoms with Crippen LogP contribution in [0.2, 0.25) is 0 Å². The van der Waals surface area contributed by atoms with Gasteiger partial charge < -0.3 is 0 Å². The molecule has 0 nitrogen and oxygen atoms in total. The molecule has 0 saturated carbocycles. The fourth-order valence-electron chi connectivity index (χ4n) is 4.64. The lowest BCUT2D eigenvalue weighted by molar-refractivity contribution is 0.751. The molecule has 0 fully saturated rings. The predicted octanol–water partition coefficient (Wildman–Crippen LogP) is 7.04. The summed E-state index contributed by atoms with van der Waals surface area (Å²) in [7, 11) is 0. The predicted molar refractivity (Wildman–Crippen MR) is 112 cm³/mol. The molecule has 0 bridgehead atoms. The highest BCUT2D eigenvalue weighted by molar-refractivity contribution is 9.10. The third-order valence-corrected chi connectivity index (χ3v) is 6.13. The van der Waals surface area contributed by atoms with E-state index in [1.165, 1.54) is 33.4 Å². The Bertz CT molecular complexity index is 1010. The average molecular weight is 399 g/mol. The van der Waals surface area contributed by atoms with Crippen molar-refractivity contribution < 1.29 is 0 Å². The molecule has 0 saturated heterocycles. The second kappa shape index (κ2) is 6.10. The standard InChI is InChI=1S/C25H19Br/c26-20-12-8-11-19(17-20)25(18-9-2-1-3-10-18)23-15-6-4-13-21(23)22-14-5-7-16-24(22)25/h2,4-17H,1,3H2. The maximum Gasteiger partial charge on any atom is 0.0710 e. The minimum atomic E-state index is -0.242. The summed E-state index contributed by atoms with van der Waals surface area (Å²) in [5, 5.41) is 0. The van der Waals surface area contributed by atoms with Gasteiger partial charge in [0.1, 0.15) is 0 Å². The molecule has 2 aliphatic carbocycles. The van der Waals surface area contributed by atoms with Crippen molar-refractivity contribution in [2.75, 3.05) is 0 Å². The van der Waals surface area contributed by atoms with Gasteiger partial charge in [0.15, 0.2) is 0 Å². The fourth-order valence-corrected chi connectivity index (χ4v) is 5.04. The van der Waals surface area contributed by atoms with Crippen LogP contribution in [-0.2, 0) is 5.41 Å². The molecular formula is C25H19Br. The summed E-state index contributed by atoms with van der Waals surface area (Å²) in [6.07, 6.45) is 9.31. The van der Waals surface area contributed by atoms with E-state index in [0.717, 1.165) is 17.3 Å². The van der Waals surface area contributed by atoms with Crippen LogP contribution in [0.25, 0.3) is 11.1 Å². The van der Waals surface area contributed by atoms with Gasteiger partial charge in [0.2, 0.25) is 0 Å². The first-order valence-electron chi connectivity index (χ1n) is 9.14. The number of fused-ring (bicyclic) bond motifs is 3. The molecule has 2 aliphatic rings. The third kappa shape index (κ3) is 2.13. The van der Waals surface area contributed by atoms with Crippen molar-refractivity contribution in [3.05, 3.63) is 118 Å². The van der Waals surface area contributed by atoms with Crippen molar-refractivity contribution in [2.24, 2.45) is 0 Å². The number of rotatable bonds is 2. The molecule has 0 N–H and O–H groups in total. The highest BCUT2D eigenvalue weighted by Crippen LogP contribution is 2.57. The highest BCUT2D eigenvalue weighted by atomic mass is 79.9. The summed E-state index contributed by atoms with van der Waals surface area (Å²) in [6.45, 7) is 0. The first-order valence-corrected chi connectivity index (χ1v) is 9.94. The molecule has 0 spiro atoms. The van der Waals surface area contributed by atoms with E-state index in [2.05, 4.69) is 107 Å². The van der Waals surface area contributed by atoms with E-state index in [4.69, 9.17) is 0 Å². The zero-order valence-corrected chi connectivity index (χ0v) is 16.0. The molecule has 0 aromatic heterocycles. The van der Waals surface area contributed by atoms with Crippen LogP contribution in [-0.4, -0.2) is 0 Å². The zero-order valence-electron chi connectivity index (χ0n) is 14.5. The van der Waals surface area contributed by atoms with Crippen molar-refractivity contribution in [1.29, 1.82) is 0 Å². The van der Waals surface area contributed by atoms with Crippen molar-refractivity contribution in [3.8, 4) is 11.1 Å². The lowest BCUT2D eigenvalue weighted by Gasteiger charge is -2.35. The Labute approximate surface area is 163 Å². The molecule has 0 atom stereocenters. The summed E-state index contributed by atoms with van der Waals surface area (Å²) >= 11 is 3.70. The van der Waals surface area contributed by atoms with Crippen LogP contribution in [0.1, 0.15) is 29.5 Å². The SMILES string of the molecule is Brc1cccc(C2(C3=CCCC=C3)c3ccccc3-c3ccccc32)c1. The van der Waals surface area contributed by atoms with Crippen LogP contribution >= 0.6 is 15.9 Å². The smallest absolute Gasteiger partial charge is 0.0710 e. The fraction of sp³-hybridized carbons (Fsp3) is 0.120. The van der Waals surface area contributed by atoms with Gasteiger partial charge in [-0.25, -0.2) is 0 Å². The molecule has 1 heteroatoms. The molecule has 0 amide bonds. The second-order valence-electron chi connectivity index (χ2n) is 6.99. The van der Waals surface area contributed by atoms with Crippen LogP contribution in [0, 0.1) is 0 Å². The topological polar surface area (TPSA) is 0 Å². The largest absolute Gasteiger partial charge is 0.0839 e. The summed E-state index contributed by atoms with van der Waals surface area (Å²) in [6, 6.07) is 26.6. The van der Waals surface area contributed by atoms with E-state index in [0.29, 0.717) is 0 Å². The van der Waals surface area contributed by atoms with Crippen molar-refractivity contribution in [1.82, 2.24) is 0 Å². The molecule has 26 heavy (non-hydrogen) atoms.